The van der Waals surface area contributed by atoms with Gasteiger partial charge in [-0.1, -0.05) is 30.3 Å². The van der Waals surface area contributed by atoms with Crippen LogP contribution in [0.25, 0.3) is 0 Å². The Kier molecular flexibility index (Phi) is 6.04. The van der Waals surface area contributed by atoms with E-state index in [1.54, 1.807) is 30.3 Å². The lowest BCUT2D eigenvalue weighted by molar-refractivity contribution is -0.126. The molecule has 4 fully saturated rings. The summed E-state index contributed by atoms with van der Waals surface area (Å²) in [5.74, 6) is 3.18. The number of ether oxygens (including phenoxy) is 1. The number of sulfone groups is 1. The average Bonchev–Trinajstić information content (AvgIpc) is 2.77. The van der Waals surface area contributed by atoms with Gasteiger partial charge in [-0.25, -0.2) is 8.42 Å². The zero-order valence-corrected chi connectivity index (χ0v) is 19.6. The second kappa shape index (κ2) is 8.98. The van der Waals surface area contributed by atoms with E-state index in [1.807, 2.05) is 24.3 Å². The highest BCUT2D eigenvalue weighted by Gasteiger charge is 2.51. The molecule has 6 heteroatoms. The molecular weight excluding hydrogens is 434 g/mol. The molecule has 0 aromatic heterocycles. The first-order valence-corrected chi connectivity index (χ1v) is 13.4. The molecule has 1 N–H and O–H groups in total. The Morgan fingerprint density at radius 2 is 1.55 bits per heavy atom. The predicted octanol–water partition coefficient (Wildman–Crippen LogP) is 4.68. The molecule has 0 radical (unpaired) electrons. The molecule has 2 aromatic carbocycles. The number of nitrogens with one attached hydrogen (secondary N) is 1. The van der Waals surface area contributed by atoms with Crippen LogP contribution < -0.4 is 10.1 Å². The summed E-state index contributed by atoms with van der Waals surface area (Å²) in [7, 11) is -3.46. The summed E-state index contributed by atoms with van der Waals surface area (Å²) in [5.41, 5.74) is 0.994. The Hall–Kier alpha value is -2.60. The molecule has 6 rings (SSSR count). The third kappa shape index (κ3) is 5.16. The third-order valence-electron chi connectivity index (χ3n) is 7.42. The van der Waals surface area contributed by atoms with E-state index in [2.05, 4.69) is 5.32 Å². The molecule has 0 atom stereocenters. The Morgan fingerprint density at radius 1 is 0.939 bits per heavy atom. The van der Waals surface area contributed by atoms with Crippen LogP contribution in [0, 0.1) is 17.8 Å². The van der Waals surface area contributed by atoms with Crippen molar-refractivity contribution < 1.29 is 17.9 Å². The van der Waals surface area contributed by atoms with Crippen molar-refractivity contribution in [2.45, 2.75) is 55.4 Å². The summed E-state index contributed by atoms with van der Waals surface area (Å²) < 4.78 is 30.1. The molecule has 5 nitrogen and oxygen atoms in total. The SMILES string of the molecule is O=C(Cc1ccc(OC/C=C/S(=O)(=O)c2ccccc2)cc1)NC12CC3CC(CC(C3)C1)C2. The molecule has 4 aliphatic rings. The minimum atomic E-state index is -3.46. The van der Waals surface area contributed by atoms with Crippen molar-refractivity contribution in [3.05, 3.63) is 71.6 Å². The van der Waals surface area contributed by atoms with Gasteiger partial charge in [-0.3, -0.25) is 4.79 Å². The summed E-state index contributed by atoms with van der Waals surface area (Å²) in [6, 6.07) is 15.8. The second-order valence-electron chi connectivity index (χ2n) is 10.1. The fourth-order valence-electron chi connectivity index (χ4n) is 6.49. The first kappa shape index (κ1) is 22.2. The van der Waals surface area contributed by atoms with Crippen molar-refractivity contribution in [1.29, 1.82) is 0 Å². The van der Waals surface area contributed by atoms with Gasteiger partial charge in [-0.15, -0.1) is 0 Å². The molecule has 2 aromatic rings. The van der Waals surface area contributed by atoms with Gasteiger partial charge in [-0.05, 0) is 92.2 Å². The Morgan fingerprint density at radius 3 is 2.15 bits per heavy atom. The van der Waals surface area contributed by atoms with E-state index in [0.29, 0.717) is 12.2 Å². The standard InChI is InChI=1S/C27H31NO4S/c29-26(28-27-17-21-13-22(18-27)15-23(14-21)19-27)16-20-7-9-24(10-8-20)32-11-4-12-33(30,31)25-5-2-1-3-6-25/h1-10,12,21-23H,11,13-19H2,(H,28,29)/b12-4+. The molecule has 174 valence electrons. The van der Waals surface area contributed by atoms with Crippen LogP contribution in [-0.2, 0) is 21.1 Å². The van der Waals surface area contributed by atoms with Crippen LogP contribution in [-0.4, -0.2) is 26.5 Å². The highest BCUT2D eigenvalue weighted by Crippen LogP contribution is 2.55. The number of rotatable bonds is 8. The first-order chi connectivity index (χ1) is 15.9. The lowest BCUT2D eigenvalue weighted by atomic mass is 9.53. The molecule has 0 heterocycles. The van der Waals surface area contributed by atoms with Crippen LogP contribution in [0.4, 0.5) is 0 Å². The van der Waals surface area contributed by atoms with Gasteiger partial charge in [0.1, 0.15) is 12.4 Å². The van der Waals surface area contributed by atoms with Gasteiger partial charge in [0.15, 0.2) is 9.84 Å². The molecule has 33 heavy (non-hydrogen) atoms. The van der Waals surface area contributed by atoms with E-state index in [4.69, 9.17) is 4.74 Å². The van der Waals surface area contributed by atoms with Crippen molar-refractivity contribution >= 4 is 15.7 Å². The minimum Gasteiger partial charge on any atom is -0.490 e. The number of benzene rings is 2. The second-order valence-corrected chi connectivity index (χ2v) is 11.9. The summed E-state index contributed by atoms with van der Waals surface area (Å²) >= 11 is 0. The smallest absolute Gasteiger partial charge is 0.224 e. The molecule has 1 amide bonds. The van der Waals surface area contributed by atoms with Crippen molar-refractivity contribution in [3.8, 4) is 5.75 Å². The zero-order chi connectivity index (χ0) is 22.9. The number of hydrogen-bond acceptors (Lipinski definition) is 4. The molecule has 0 aliphatic heterocycles. The monoisotopic (exact) mass is 465 g/mol. The number of amides is 1. The molecule has 4 saturated carbocycles. The lowest BCUT2D eigenvalue weighted by Gasteiger charge is -2.56. The lowest BCUT2D eigenvalue weighted by Crippen LogP contribution is -2.60. The largest absolute Gasteiger partial charge is 0.490 e. The van der Waals surface area contributed by atoms with E-state index < -0.39 is 9.84 Å². The van der Waals surface area contributed by atoms with Gasteiger partial charge < -0.3 is 10.1 Å². The van der Waals surface area contributed by atoms with E-state index >= 15 is 0 Å². The maximum absolute atomic E-state index is 12.8. The van der Waals surface area contributed by atoms with Crippen LogP contribution in [0.3, 0.4) is 0 Å². The molecule has 4 aliphatic carbocycles. The van der Waals surface area contributed by atoms with Gasteiger partial charge in [0.2, 0.25) is 5.91 Å². The van der Waals surface area contributed by atoms with E-state index in [1.165, 1.54) is 30.7 Å². The minimum absolute atomic E-state index is 0.0430. The number of carbonyl (C=O) groups excluding carboxylic acids is 1. The Bertz CT molecular complexity index is 1090. The molecule has 0 spiro atoms. The predicted molar refractivity (Wildman–Crippen MR) is 127 cm³/mol. The van der Waals surface area contributed by atoms with E-state index in [9.17, 15) is 13.2 Å². The van der Waals surface area contributed by atoms with E-state index in [0.717, 1.165) is 42.6 Å². The summed E-state index contributed by atoms with van der Waals surface area (Å²) in [6.45, 7) is 0.151. The molecule has 0 saturated heterocycles. The van der Waals surface area contributed by atoms with Gasteiger partial charge in [0.25, 0.3) is 0 Å². The quantitative estimate of drug-likeness (QED) is 0.614. The van der Waals surface area contributed by atoms with Crippen LogP contribution in [0.1, 0.15) is 44.1 Å². The topological polar surface area (TPSA) is 72.5 Å². The third-order valence-corrected chi connectivity index (χ3v) is 8.90. The van der Waals surface area contributed by atoms with Crippen molar-refractivity contribution in [2.75, 3.05) is 6.61 Å². The maximum Gasteiger partial charge on any atom is 0.224 e. The van der Waals surface area contributed by atoms with Crippen molar-refractivity contribution in [2.24, 2.45) is 17.8 Å². The highest BCUT2D eigenvalue weighted by molar-refractivity contribution is 7.94. The highest BCUT2D eigenvalue weighted by atomic mass is 32.2. The Balaban J connectivity index is 1.11. The van der Waals surface area contributed by atoms with Crippen LogP contribution in [0.15, 0.2) is 71.0 Å². The van der Waals surface area contributed by atoms with Crippen LogP contribution >= 0.6 is 0 Å². The van der Waals surface area contributed by atoms with Crippen molar-refractivity contribution in [3.63, 3.8) is 0 Å². The zero-order valence-electron chi connectivity index (χ0n) is 18.8. The molecule has 4 bridgehead atoms. The average molecular weight is 466 g/mol. The summed E-state index contributed by atoms with van der Waals surface area (Å²) in [5, 5.41) is 4.59. The fraction of sp³-hybridized carbons (Fsp3) is 0.444. The maximum atomic E-state index is 12.8. The number of hydrogen-bond donors (Lipinski definition) is 1. The van der Waals surface area contributed by atoms with Gasteiger partial charge >= 0.3 is 0 Å². The van der Waals surface area contributed by atoms with Gasteiger partial charge in [0.05, 0.1) is 11.3 Å². The Labute approximate surface area is 196 Å². The summed E-state index contributed by atoms with van der Waals surface area (Å²) in [6.07, 6.45) is 9.44. The van der Waals surface area contributed by atoms with Crippen LogP contribution in [0.5, 0.6) is 5.75 Å². The summed E-state index contributed by atoms with van der Waals surface area (Å²) in [4.78, 5) is 13.1. The van der Waals surface area contributed by atoms with Gasteiger partial charge in [0, 0.05) is 10.9 Å². The fourth-order valence-corrected chi connectivity index (χ4v) is 7.52. The van der Waals surface area contributed by atoms with Crippen molar-refractivity contribution in [1.82, 2.24) is 5.32 Å². The first-order valence-electron chi connectivity index (χ1n) is 11.9. The molecular formula is C27H31NO4S. The molecule has 0 unspecified atom stereocenters. The normalized spacial score (nSPS) is 28.2. The van der Waals surface area contributed by atoms with Gasteiger partial charge in [-0.2, -0.15) is 0 Å². The number of carbonyl (C=O) groups is 1. The van der Waals surface area contributed by atoms with E-state index in [-0.39, 0.29) is 22.9 Å². The van der Waals surface area contributed by atoms with Crippen LogP contribution in [0.2, 0.25) is 0 Å².